The number of pyridine rings is 1. The summed E-state index contributed by atoms with van der Waals surface area (Å²) in [4.78, 5) is 16.3. The van der Waals surface area contributed by atoms with E-state index in [1.54, 1.807) is 25.4 Å². The van der Waals surface area contributed by atoms with Gasteiger partial charge in [-0.15, -0.1) is 0 Å². The molecule has 0 fully saturated rings. The van der Waals surface area contributed by atoms with Crippen LogP contribution in [0.3, 0.4) is 0 Å². The summed E-state index contributed by atoms with van der Waals surface area (Å²) in [6.07, 6.45) is 1.61. The van der Waals surface area contributed by atoms with Gasteiger partial charge in [-0.05, 0) is 45.0 Å². The monoisotopic (exact) mass is 299 g/mol. The fourth-order valence-corrected chi connectivity index (χ4v) is 1.94. The zero-order valence-corrected chi connectivity index (χ0v) is 13.3. The van der Waals surface area contributed by atoms with E-state index in [-0.39, 0.29) is 11.4 Å². The first kappa shape index (κ1) is 15.8. The highest BCUT2D eigenvalue weighted by atomic mass is 16.5. The Morgan fingerprint density at radius 3 is 2.59 bits per heavy atom. The molecular formula is C17H21N3O2. The van der Waals surface area contributed by atoms with Gasteiger partial charge in [-0.3, -0.25) is 9.78 Å². The highest BCUT2D eigenvalue weighted by Crippen LogP contribution is 2.26. The molecule has 0 aliphatic rings. The van der Waals surface area contributed by atoms with E-state index in [0.717, 1.165) is 17.1 Å². The first-order valence-corrected chi connectivity index (χ1v) is 7.08. The standard InChI is InChI=1S/C17H21N3O2/c1-17(2,3)20-16(21)14-11-12(9-10-18-14)19-13-7-5-6-8-15(13)22-4/h5-11H,1-4H3,(H,18,19)(H,20,21). The maximum Gasteiger partial charge on any atom is 0.270 e. The van der Waals surface area contributed by atoms with Gasteiger partial charge in [0.1, 0.15) is 11.4 Å². The van der Waals surface area contributed by atoms with Crippen LogP contribution in [0.15, 0.2) is 42.6 Å². The molecule has 0 aliphatic carbocycles. The van der Waals surface area contributed by atoms with Gasteiger partial charge in [0.15, 0.2) is 0 Å². The van der Waals surface area contributed by atoms with Crippen LogP contribution in [0.25, 0.3) is 0 Å². The fraction of sp³-hybridized carbons (Fsp3) is 0.294. The average Bonchev–Trinajstić information content (AvgIpc) is 2.46. The first-order valence-electron chi connectivity index (χ1n) is 7.08. The normalized spacial score (nSPS) is 10.9. The number of methoxy groups -OCH3 is 1. The van der Waals surface area contributed by atoms with E-state index in [9.17, 15) is 4.79 Å². The minimum Gasteiger partial charge on any atom is -0.495 e. The van der Waals surface area contributed by atoms with Gasteiger partial charge in [0.2, 0.25) is 0 Å². The molecular weight excluding hydrogens is 278 g/mol. The Balaban J connectivity index is 2.20. The van der Waals surface area contributed by atoms with Crippen LogP contribution in [-0.4, -0.2) is 23.5 Å². The highest BCUT2D eigenvalue weighted by Gasteiger charge is 2.16. The third-order valence-electron chi connectivity index (χ3n) is 2.87. The van der Waals surface area contributed by atoms with Crippen LogP contribution in [0.5, 0.6) is 5.75 Å². The number of carbonyl (C=O) groups excluding carboxylic acids is 1. The van der Waals surface area contributed by atoms with Crippen LogP contribution >= 0.6 is 0 Å². The van der Waals surface area contributed by atoms with Crippen molar-refractivity contribution in [3.63, 3.8) is 0 Å². The lowest BCUT2D eigenvalue weighted by Gasteiger charge is -2.20. The summed E-state index contributed by atoms with van der Waals surface area (Å²) < 4.78 is 5.30. The van der Waals surface area contributed by atoms with E-state index in [2.05, 4.69) is 15.6 Å². The van der Waals surface area contributed by atoms with E-state index in [1.807, 2.05) is 45.0 Å². The summed E-state index contributed by atoms with van der Waals surface area (Å²) in [5, 5.41) is 6.13. The van der Waals surface area contributed by atoms with Crippen molar-refractivity contribution in [1.29, 1.82) is 0 Å². The van der Waals surface area contributed by atoms with E-state index in [0.29, 0.717) is 5.69 Å². The largest absolute Gasteiger partial charge is 0.495 e. The number of hydrogen-bond acceptors (Lipinski definition) is 4. The Hall–Kier alpha value is -2.56. The summed E-state index contributed by atoms with van der Waals surface area (Å²) in [7, 11) is 1.62. The van der Waals surface area contributed by atoms with Gasteiger partial charge in [0, 0.05) is 17.4 Å². The van der Waals surface area contributed by atoms with E-state index >= 15 is 0 Å². The van der Waals surface area contributed by atoms with E-state index in [1.165, 1.54) is 0 Å². The quantitative estimate of drug-likeness (QED) is 0.908. The van der Waals surface area contributed by atoms with Crippen molar-refractivity contribution in [2.45, 2.75) is 26.3 Å². The van der Waals surface area contributed by atoms with Gasteiger partial charge < -0.3 is 15.4 Å². The molecule has 0 atom stereocenters. The van der Waals surface area contributed by atoms with Crippen molar-refractivity contribution in [3.8, 4) is 5.75 Å². The molecule has 0 saturated heterocycles. The van der Waals surface area contributed by atoms with Gasteiger partial charge in [-0.25, -0.2) is 0 Å². The summed E-state index contributed by atoms with van der Waals surface area (Å²) in [5.74, 6) is 0.538. The number of anilines is 2. The third-order valence-corrected chi connectivity index (χ3v) is 2.87. The number of ether oxygens (including phenoxy) is 1. The van der Waals surface area contributed by atoms with Gasteiger partial charge in [0.05, 0.1) is 12.8 Å². The number of para-hydroxylation sites is 2. The second-order valence-corrected chi connectivity index (χ2v) is 5.96. The molecule has 2 N–H and O–H groups in total. The van der Waals surface area contributed by atoms with Crippen LogP contribution in [-0.2, 0) is 0 Å². The second-order valence-electron chi connectivity index (χ2n) is 5.96. The molecule has 0 aliphatic heterocycles. The maximum absolute atomic E-state index is 12.2. The molecule has 116 valence electrons. The Kier molecular flexibility index (Phi) is 4.65. The molecule has 1 amide bonds. The SMILES string of the molecule is COc1ccccc1Nc1ccnc(C(=O)NC(C)(C)C)c1. The zero-order chi connectivity index (χ0) is 16.2. The number of amides is 1. The number of nitrogens with one attached hydrogen (secondary N) is 2. The van der Waals surface area contributed by atoms with Crippen molar-refractivity contribution >= 4 is 17.3 Å². The van der Waals surface area contributed by atoms with Crippen molar-refractivity contribution in [2.75, 3.05) is 12.4 Å². The number of nitrogens with zero attached hydrogens (tertiary/aromatic N) is 1. The lowest BCUT2D eigenvalue weighted by atomic mass is 10.1. The van der Waals surface area contributed by atoms with Crippen molar-refractivity contribution in [2.24, 2.45) is 0 Å². The number of hydrogen-bond donors (Lipinski definition) is 2. The Bertz CT molecular complexity index is 663. The predicted molar refractivity (Wildman–Crippen MR) is 87.7 cm³/mol. The summed E-state index contributed by atoms with van der Waals surface area (Å²) >= 11 is 0. The van der Waals surface area contributed by atoms with Crippen LogP contribution in [0, 0.1) is 0 Å². The molecule has 5 nitrogen and oxygen atoms in total. The summed E-state index contributed by atoms with van der Waals surface area (Å²) in [6, 6.07) is 11.1. The summed E-state index contributed by atoms with van der Waals surface area (Å²) in [6.45, 7) is 5.80. The van der Waals surface area contributed by atoms with Gasteiger partial charge >= 0.3 is 0 Å². The number of carbonyl (C=O) groups is 1. The third kappa shape index (κ3) is 4.22. The molecule has 1 heterocycles. The van der Waals surface area contributed by atoms with E-state index < -0.39 is 0 Å². The van der Waals surface area contributed by atoms with Crippen LogP contribution in [0.1, 0.15) is 31.3 Å². The van der Waals surface area contributed by atoms with Crippen molar-refractivity contribution in [1.82, 2.24) is 10.3 Å². The van der Waals surface area contributed by atoms with Crippen molar-refractivity contribution < 1.29 is 9.53 Å². The number of benzene rings is 1. The number of rotatable bonds is 4. The molecule has 0 unspecified atom stereocenters. The Labute approximate surface area is 130 Å². The van der Waals surface area contributed by atoms with Gasteiger partial charge in [-0.2, -0.15) is 0 Å². The zero-order valence-electron chi connectivity index (χ0n) is 13.3. The molecule has 0 bridgehead atoms. The van der Waals surface area contributed by atoms with Crippen molar-refractivity contribution in [3.05, 3.63) is 48.3 Å². The summed E-state index contributed by atoms with van der Waals surface area (Å²) in [5.41, 5.74) is 1.68. The fourth-order valence-electron chi connectivity index (χ4n) is 1.94. The molecule has 1 aromatic heterocycles. The Morgan fingerprint density at radius 1 is 1.18 bits per heavy atom. The molecule has 0 spiro atoms. The first-order chi connectivity index (χ1) is 10.4. The van der Waals surface area contributed by atoms with Gasteiger partial charge in [-0.1, -0.05) is 12.1 Å². The molecule has 0 radical (unpaired) electrons. The average molecular weight is 299 g/mol. The Morgan fingerprint density at radius 2 is 1.91 bits per heavy atom. The smallest absolute Gasteiger partial charge is 0.270 e. The highest BCUT2D eigenvalue weighted by molar-refractivity contribution is 5.93. The molecule has 1 aromatic carbocycles. The lowest BCUT2D eigenvalue weighted by molar-refractivity contribution is 0.0914. The molecule has 2 rings (SSSR count). The van der Waals surface area contributed by atoms with Gasteiger partial charge in [0.25, 0.3) is 5.91 Å². The molecule has 22 heavy (non-hydrogen) atoms. The second kappa shape index (κ2) is 6.47. The van der Waals surface area contributed by atoms with Crippen LogP contribution in [0.4, 0.5) is 11.4 Å². The minimum atomic E-state index is -0.301. The lowest BCUT2D eigenvalue weighted by Crippen LogP contribution is -2.40. The number of aromatic nitrogens is 1. The van der Waals surface area contributed by atoms with Crippen LogP contribution < -0.4 is 15.4 Å². The minimum absolute atomic E-state index is 0.198. The molecule has 0 saturated carbocycles. The van der Waals surface area contributed by atoms with Crippen LogP contribution in [0.2, 0.25) is 0 Å². The predicted octanol–water partition coefficient (Wildman–Crippen LogP) is 3.36. The van der Waals surface area contributed by atoms with E-state index in [4.69, 9.17) is 4.74 Å². The molecule has 5 heteroatoms. The maximum atomic E-state index is 12.2. The molecule has 2 aromatic rings. The topological polar surface area (TPSA) is 63.2 Å².